The summed E-state index contributed by atoms with van der Waals surface area (Å²) in [4.78, 5) is 2.43. The Kier molecular flexibility index (Phi) is 3.43. The molecule has 0 aromatic rings. The maximum absolute atomic E-state index is 5.27. The van der Waals surface area contributed by atoms with E-state index in [1.54, 1.807) is 0 Å². The number of hydrogen-bond donors (Lipinski definition) is 0. The molecule has 1 heterocycles. The van der Waals surface area contributed by atoms with Gasteiger partial charge in [0.15, 0.2) is 0 Å². The third-order valence-corrected chi connectivity index (χ3v) is 1.95. The zero-order valence-corrected chi connectivity index (χ0v) is 7.31. The van der Waals surface area contributed by atoms with Gasteiger partial charge in [0.1, 0.15) is 6.61 Å². The van der Waals surface area contributed by atoms with Crippen LogP contribution in [0.1, 0.15) is 19.8 Å². The standard InChI is InChI=1S/C9H17NO/c1-9(2)11-8-7-10-5-3-4-6-10/h1,3-8H2,2H3. The first-order chi connectivity index (χ1) is 5.29. The van der Waals surface area contributed by atoms with Gasteiger partial charge in [0, 0.05) is 6.54 Å². The van der Waals surface area contributed by atoms with Gasteiger partial charge in [-0.15, -0.1) is 0 Å². The van der Waals surface area contributed by atoms with Crippen molar-refractivity contribution in [2.45, 2.75) is 19.8 Å². The molecule has 0 atom stereocenters. The Morgan fingerprint density at radius 2 is 2.09 bits per heavy atom. The van der Waals surface area contributed by atoms with Crippen LogP contribution in [-0.2, 0) is 4.74 Å². The van der Waals surface area contributed by atoms with E-state index in [0.29, 0.717) is 0 Å². The molecule has 0 unspecified atom stereocenters. The van der Waals surface area contributed by atoms with Crippen LogP contribution >= 0.6 is 0 Å². The van der Waals surface area contributed by atoms with Crippen molar-refractivity contribution in [3.63, 3.8) is 0 Å². The lowest BCUT2D eigenvalue weighted by Gasteiger charge is -2.14. The summed E-state index contributed by atoms with van der Waals surface area (Å²) in [5.41, 5.74) is 0. The minimum atomic E-state index is 0.801. The molecule has 0 saturated carbocycles. The third-order valence-electron chi connectivity index (χ3n) is 1.95. The average Bonchev–Trinajstić information content (AvgIpc) is 2.39. The molecule has 1 fully saturated rings. The largest absolute Gasteiger partial charge is 0.498 e. The van der Waals surface area contributed by atoms with E-state index >= 15 is 0 Å². The molecule has 0 aromatic carbocycles. The fraction of sp³-hybridized carbons (Fsp3) is 0.778. The molecular weight excluding hydrogens is 138 g/mol. The minimum Gasteiger partial charge on any atom is -0.498 e. The Labute approximate surface area is 68.8 Å². The quantitative estimate of drug-likeness (QED) is 0.572. The van der Waals surface area contributed by atoms with Crippen LogP contribution in [0.3, 0.4) is 0 Å². The predicted octanol–water partition coefficient (Wildman–Crippen LogP) is 1.63. The molecule has 0 aromatic heterocycles. The maximum atomic E-state index is 5.27. The SMILES string of the molecule is C=C(C)OCCN1CCCC1. The van der Waals surface area contributed by atoms with Gasteiger partial charge in [-0.3, -0.25) is 4.90 Å². The molecule has 1 aliphatic heterocycles. The van der Waals surface area contributed by atoms with Crippen molar-refractivity contribution in [3.8, 4) is 0 Å². The van der Waals surface area contributed by atoms with E-state index in [-0.39, 0.29) is 0 Å². The summed E-state index contributed by atoms with van der Waals surface area (Å²) in [6, 6.07) is 0. The van der Waals surface area contributed by atoms with Crippen LogP contribution < -0.4 is 0 Å². The molecule has 2 nitrogen and oxygen atoms in total. The molecule has 64 valence electrons. The molecule has 11 heavy (non-hydrogen) atoms. The topological polar surface area (TPSA) is 12.5 Å². The number of rotatable bonds is 4. The highest BCUT2D eigenvalue weighted by Crippen LogP contribution is 2.06. The van der Waals surface area contributed by atoms with Crippen LogP contribution in [0.15, 0.2) is 12.3 Å². The monoisotopic (exact) mass is 155 g/mol. The summed E-state index contributed by atoms with van der Waals surface area (Å²) >= 11 is 0. The van der Waals surface area contributed by atoms with E-state index in [0.717, 1.165) is 18.9 Å². The van der Waals surface area contributed by atoms with E-state index in [1.165, 1.54) is 25.9 Å². The molecule has 1 saturated heterocycles. The molecule has 0 bridgehead atoms. The van der Waals surface area contributed by atoms with Crippen LogP contribution in [0.4, 0.5) is 0 Å². The summed E-state index contributed by atoms with van der Waals surface area (Å²) in [6.45, 7) is 9.93. The Bertz CT molecular complexity index is 128. The lowest BCUT2D eigenvalue weighted by atomic mass is 10.4. The Morgan fingerprint density at radius 1 is 1.45 bits per heavy atom. The number of ether oxygens (including phenoxy) is 1. The van der Waals surface area contributed by atoms with Gasteiger partial charge in [-0.2, -0.15) is 0 Å². The van der Waals surface area contributed by atoms with Crippen LogP contribution in [0.5, 0.6) is 0 Å². The summed E-state index contributed by atoms with van der Waals surface area (Å²) in [5.74, 6) is 0.823. The van der Waals surface area contributed by atoms with E-state index in [9.17, 15) is 0 Å². The average molecular weight is 155 g/mol. The fourth-order valence-electron chi connectivity index (χ4n) is 1.36. The van der Waals surface area contributed by atoms with Gasteiger partial charge in [-0.25, -0.2) is 0 Å². The lowest BCUT2D eigenvalue weighted by Crippen LogP contribution is -2.23. The normalized spacial score (nSPS) is 18.6. The first kappa shape index (κ1) is 8.60. The van der Waals surface area contributed by atoms with Crippen molar-refractivity contribution in [1.82, 2.24) is 4.90 Å². The van der Waals surface area contributed by atoms with Crippen LogP contribution in [0, 0.1) is 0 Å². The number of allylic oxidation sites excluding steroid dienone is 1. The summed E-state index contributed by atoms with van der Waals surface area (Å²) in [7, 11) is 0. The highest BCUT2D eigenvalue weighted by Gasteiger charge is 2.10. The highest BCUT2D eigenvalue weighted by atomic mass is 16.5. The summed E-state index contributed by atoms with van der Waals surface area (Å²) in [5, 5.41) is 0. The zero-order valence-electron chi connectivity index (χ0n) is 7.31. The molecule has 0 spiro atoms. The molecule has 0 amide bonds. The smallest absolute Gasteiger partial charge is 0.100 e. The molecule has 0 N–H and O–H groups in total. The van der Waals surface area contributed by atoms with E-state index < -0.39 is 0 Å². The van der Waals surface area contributed by atoms with Crippen molar-refractivity contribution in [1.29, 1.82) is 0 Å². The minimum absolute atomic E-state index is 0.801. The molecule has 2 heteroatoms. The van der Waals surface area contributed by atoms with Crippen molar-refractivity contribution < 1.29 is 4.74 Å². The van der Waals surface area contributed by atoms with Crippen molar-refractivity contribution in [3.05, 3.63) is 12.3 Å². The second-order valence-corrected chi connectivity index (χ2v) is 3.10. The van der Waals surface area contributed by atoms with E-state index in [2.05, 4.69) is 11.5 Å². The highest BCUT2D eigenvalue weighted by molar-refractivity contribution is 4.74. The van der Waals surface area contributed by atoms with Gasteiger partial charge in [0.25, 0.3) is 0 Å². The zero-order chi connectivity index (χ0) is 8.10. The second kappa shape index (κ2) is 4.39. The van der Waals surface area contributed by atoms with Crippen LogP contribution in [-0.4, -0.2) is 31.1 Å². The summed E-state index contributed by atoms with van der Waals surface area (Å²) in [6.07, 6.45) is 2.71. The Hall–Kier alpha value is -0.500. The molecule has 0 radical (unpaired) electrons. The Morgan fingerprint density at radius 3 is 2.64 bits per heavy atom. The van der Waals surface area contributed by atoms with Crippen LogP contribution in [0.25, 0.3) is 0 Å². The van der Waals surface area contributed by atoms with Gasteiger partial charge in [-0.1, -0.05) is 6.58 Å². The first-order valence-corrected chi connectivity index (χ1v) is 4.30. The van der Waals surface area contributed by atoms with Crippen molar-refractivity contribution in [2.75, 3.05) is 26.2 Å². The van der Waals surface area contributed by atoms with Gasteiger partial charge >= 0.3 is 0 Å². The maximum Gasteiger partial charge on any atom is 0.100 e. The van der Waals surface area contributed by atoms with Gasteiger partial charge in [0.2, 0.25) is 0 Å². The predicted molar refractivity (Wildman–Crippen MR) is 46.4 cm³/mol. The second-order valence-electron chi connectivity index (χ2n) is 3.10. The number of nitrogens with zero attached hydrogens (tertiary/aromatic N) is 1. The van der Waals surface area contributed by atoms with Gasteiger partial charge < -0.3 is 4.74 Å². The molecule has 0 aliphatic carbocycles. The van der Waals surface area contributed by atoms with Crippen LogP contribution in [0.2, 0.25) is 0 Å². The van der Waals surface area contributed by atoms with Crippen molar-refractivity contribution >= 4 is 0 Å². The number of likely N-dealkylation sites (tertiary alicyclic amines) is 1. The van der Waals surface area contributed by atoms with Gasteiger partial charge in [-0.05, 0) is 32.9 Å². The first-order valence-electron chi connectivity index (χ1n) is 4.30. The molecular formula is C9H17NO. The molecule has 1 rings (SSSR count). The van der Waals surface area contributed by atoms with E-state index in [1.807, 2.05) is 6.92 Å². The van der Waals surface area contributed by atoms with E-state index in [4.69, 9.17) is 4.74 Å². The lowest BCUT2D eigenvalue weighted by molar-refractivity contribution is 0.174. The van der Waals surface area contributed by atoms with Crippen molar-refractivity contribution in [2.24, 2.45) is 0 Å². The molecule has 1 aliphatic rings. The Balaban J connectivity index is 1.98. The fourth-order valence-corrected chi connectivity index (χ4v) is 1.36. The third kappa shape index (κ3) is 3.42. The number of hydrogen-bond acceptors (Lipinski definition) is 2. The van der Waals surface area contributed by atoms with Gasteiger partial charge in [0.05, 0.1) is 5.76 Å². The summed E-state index contributed by atoms with van der Waals surface area (Å²) < 4.78 is 5.27.